The zero-order valence-corrected chi connectivity index (χ0v) is 32.6. The Balaban J connectivity index is 1.29. The summed E-state index contributed by atoms with van der Waals surface area (Å²) < 4.78 is 27.2. The van der Waals surface area contributed by atoms with Gasteiger partial charge in [0.15, 0.2) is 4.93 Å². The minimum atomic E-state index is -1.57. The predicted octanol–water partition coefficient (Wildman–Crippen LogP) is 10.5. The number of halogens is 1. The van der Waals surface area contributed by atoms with E-state index in [0.717, 1.165) is 33.4 Å². The Bertz CT molecular complexity index is 2050. The first-order valence-corrected chi connectivity index (χ1v) is 20.0. The molecular formula is C48H47ClO5S. The molecule has 1 N–H and O–H groups in total. The van der Waals surface area contributed by atoms with Gasteiger partial charge >= 0.3 is 0 Å². The van der Waals surface area contributed by atoms with E-state index in [4.69, 9.17) is 30.5 Å². The van der Waals surface area contributed by atoms with Crippen LogP contribution in [0, 0.1) is 6.92 Å². The normalized spacial score (nSPS) is 21.0. The van der Waals surface area contributed by atoms with E-state index in [-0.39, 0.29) is 11.9 Å². The Kier molecular flexibility index (Phi) is 13.5. The maximum absolute atomic E-state index is 13.4. The van der Waals surface area contributed by atoms with Crippen molar-refractivity contribution in [2.24, 2.45) is 0 Å². The molecule has 1 heterocycles. The van der Waals surface area contributed by atoms with Crippen LogP contribution in [0.4, 0.5) is 0 Å². The first-order chi connectivity index (χ1) is 26.9. The molecule has 6 aromatic carbocycles. The molecule has 1 aliphatic rings. The molecule has 7 rings (SSSR count). The third-order valence-corrected chi connectivity index (χ3v) is 11.8. The third kappa shape index (κ3) is 10.3. The van der Waals surface area contributed by atoms with Gasteiger partial charge in [0.05, 0.1) is 38.3 Å². The number of ether oxygens (including phenoxy) is 4. The highest BCUT2D eigenvalue weighted by atomic mass is 35.5. The van der Waals surface area contributed by atoms with Crippen LogP contribution in [0.3, 0.4) is 0 Å². The summed E-state index contributed by atoms with van der Waals surface area (Å²) in [5.41, 5.74) is 8.04. The largest absolute Gasteiger partial charge is 0.376 e. The average Bonchev–Trinajstić information content (AvgIpc) is 3.22. The van der Waals surface area contributed by atoms with Gasteiger partial charge in [0.1, 0.15) is 18.3 Å². The summed E-state index contributed by atoms with van der Waals surface area (Å²) in [5.74, 6) is 0. The summed E-state index contributed by atoms with van der Waals surface area (Å²) in [6.07, 6.45) is -1.43. The maximum atomic E-state index is 13.4. The van der Waals surface area contributed by atoms with Gasteiger partial charge in [-0.15, -0.1) is 11.8 Å². The Morgan fingerprint density at radius 3 is 1.60 bits per heavy atom. The Hall–Kier alpha value is -4.24. The quantitative estimate of drug-likeness (QED) is 0.106. The fraction of sp³-hybridized carbons (Fsp3) is 0.250. The van der Waals surface area contributed by atoms with Crippen LogP contribution in [-0.2, 0) is 56.7 Å². The van der Waals surface area contributed by atoms with Gasteiger partial charge in [0, 0.05) is 5.02 Å². The molecule has 1 saturated heterocycles. The van der Waals surface area contributed by atoms with Gasteiger partial charge in [-0.1, -0.05) is 175 Å². The lowest BCUT2D eigenvalue weighted by molar-refractivity contribution is -0.199. The zero-order valence-electron chi connectivity index (χ0n) is 31.0. The molecule has 0 aliphatic carbocycles. The lowest BCUT2D eigenvalue weighted by atomic mass is 9.91. The monoisotopic (exact) mass is 770 g/mol. The molecule has 0 spiro atoms. The van der Waals surface area contributed by atoms with Gasteiger partial charge in [-0.2, -0.15) is 0 Å². The topological polar surface area (TPSA) is 57.2 Å². The first kappa shape index (κ1) is 39.0. The highest BCUT2D eigenvalue weighted by Crippen LogP contribution is 2.51. The van der Waals surface area contributed by atoms with Gasteiger partial charge in [-0.3, -0.25) is 0 Å². The Labute approximate surface area is 334 Å². The van der Waals surface area contributed by atoms with Crippen LogP contribution in [0.25, 0.3) is 0 Å². The second kappa shape index (κ2) is 19.1. The number of aliphatic hydroxyl groups is 1. The second-order valence-corrected chi connectivity index (χ2v) is 15.9. The standard InChI is InChI=1S/C48H47ClO5S/c1-35-22-24-36(25-23-35)28-41-29-42(26-27-43(41)49)48(50)47(54-33-40-20-12-5-13-21-40)46(53-32-39-18-10-4-11-19-39)45(52-31-38-16-8-3-9-17-38)44(55-48)34-51-30-37-14-6-2-7-15-37/h2-27,29,44-47,50H,28,30-34H2,1H3/t44-,45-,46+,47-,48?/m1/s1. The predicted molar refractivity (Wildman–Crippen MR) is 222 cm³/mol. The number of aryl methyl sites for hydroxylation is 1. The first-order valence-electron chi connectivity index (χ1n) is 18.8. The second-order valence-electron chi connectivity index (χ2n) is 14.1. The van der Waals surface area contributed by atoms with E-state index in [2.05, 4.69) is 55.5 Å². The van der Waals surface area contributed by atoms with E-state index in [0.29, 0.717) is 43.4 Å². The van der Waals surface area contributed by atoms with Crippen LogP contribution in [0.2, 0.25) is 5.02 Å². The van der Waals surface area contributed by atoms with E-state index in [9.17, 15) is 5.11 Å². The molecule has 6 aromatic rings. The molecule has 55 heavy (non-hydrogen) atoms. The van der Waals surface area contributed by atoms with Crippen molar-refractivity contribution in [1.29, 1.82) is 0 Å². The number of hydrogen-bond acceptors (Lipinski definition) is 6. The number of thioether (sulfide) groups is 1. The minimum absolute atomic E-state index is 0.268. The van der Waals surface area contributed by atoms with Gasteiger partial charge in [0.2, 0.25) is 0 Å². The van der Waals surface area contributed by atoms with Gasteiger partial charge < -0.3 is 24.1 Å². The lowest BCUT2D eigenvalue weighted by Gasteiger charge is -2.50. The van der Waals surface area contributed by atoms with E-state index >= 15 is 0 Å². The molecule has 0 saturated carbocycles. The molecule has 7 heteroatoms. The molecule has 282 valence electrons. The van der Waals surface area contributed by atoms with Crippen LogP contribution in [0.1, 0.15) is 44.5 Å². The molecule has 5 nitrogen and oxygen atoms in total. The summed E-state index contributed by atoms with van der Waals surface area (Å²) in [4.78, 5) is -1.57. The van der Waals surface area contributed by atoms with Crippen molar-refractivity contribution in [3.05, 3.63) is 213 Å². The van der Waals surface area contributed by atoms with Crippen LogP contribution in [0.15, 0.2) is 164 Å². The fourth-order valence-corrected chi connectivity index (χ4v) is 8.72. The third-order valence-electron chi connectivity index (χ3n) is 9.92. The van der Waals surface area contributed by atoms with Crippen molar-refractivity contribution in [1.82, 2.24) is 0 Å². The summed E-state index contributed by atoms with van der Waals surface area (Å²) in [6.45, 7) is 3.74. The van der Waals surface area contributed by atoms with Crippen LogP contribution in [0.5, 0.6) is 0 Å². The van der Waals surface area contributed by atoms with Crippen molar-refractivity contribution in [3.8, 4) is 0 Å². The lowest BCUT2D eigenvalue weighted by Crippen LogP contribution is -2.61. The highest BCUT2D eigenvalue weighted by Gasteiger charge is 2.56. The van der Waals surface area contributed by atoms with E-state index < -0.39 is 23.2 Å². The molecule has 0 aromatic heterocycles. The van der Waals surface area contributed by atoms with Gasteiger partial charge in [0.25, 0.3) is 0 Å². The molecule has 5 atom stereocenters. The number of rotatable bonds is 16. The maximum Gasteiger partial charge on any atom is 0.165 e. The zero-order chi connectivity index (χ0) is 37.9. The van der Waals surface area contributed by atoms with Crippen molar-refractivity contribution in [3.63, 3.8) is 0 Å². The van der Waals surface area contributed by atoms with Crippen molar-refractivity contribution in [2.75, 3.05) is 6.61 Å². The molecule has 0 radical (unpaired) electrons. The molecule has 0 amide bonds. The van der Waals surface area contributed by atoms with Gasteiger partial charge in [-0.05, 0) is 58.4 Å². The molecule has 1 fully saturated rings. The van der Waals surface area contributed by atoms with Crippen molar-refractivity contribution < 1.29 is 24.1 Å². The van der Waals surface area contributed by atoms with Crippen LogP contribution < -0.4 is 0 Å². The van der Waals surface area contributed by atoms with E-state index in [1.807, 2.05) is 115 Å². The summed E-state index contributed by atoms with van der Waals surface area (Å²) >= 11 is 8.29. The van der Waals surface area contributed by atoms with Gasteiger partial charge in [-0.25, -0.2) is 0 Å². The molecule has 0 bridgehead atoms. The average molecular weight is 771 g/mol. The summed E-state index contributed by atoms with van der Waals surface area (Å²) in [6, 6.07) is 54.6. The Morgan fingerprint density at radius 2 is 1.05 bits per heavy atom. The van der Waals surface area contributed by atoms with Crippen LogP contribution in [-0.4, -0.2) is 35.3 Å². The van der Waals surface area contributed by atoms with Crippen LogP contribution >= 0.6 is 23.4 Å². The number of hydrogen-bond donors (Lipinski definition) is 1. The molecular weight excluding hydrogens is 724 g/mol. The van der Waals surface area contributed by atoms with E-state index in [1.165, 1.54) is 17.3 Å². The fourth-order valence-electron chi connectivity index (χ4n) is 6.94. The Morgan fingerprint density at radius 1 is 0.564 bits per heavy atom. The highest BCUT2D eigenvalue weighted by molar-refractivity contribution is 8.00. The van der Waals surface area contributed by atoms with Crippen molar-refractivity contribution >= 4 is 23.4 Å². The molecule has 1 unspecified atom stereocenters. The minimum Gasteiger partial charge on any atom is -0.376 e. The summed E-state index contributed by atoms with van der Waals surface area (Å²) in [7, 11) is 0. The molecule has 1 aliphatic heterocycles. The summed E-state index contributed by atoms with van der Waals surface area (Å²) in [5, 5.41) is 13.7. The van der Waals surface area contributed by atoms with Crippen molar-refractivity contribution in [2.45, 2.75) is 68.3 Å². The smallest absolute Gasteiger partial charge is 0.165 e. The van der Waals surface area contributed by atoms with E-state index in [1.54, 1.807) is 0 Å². The SMILES string of the molecule is Cc1ccc(Cc2cc(C3(O)S[C@H](COCc4ccccc4)[C@@H](OCc4ccccc4)[C@H](OCc4ccccc4)[C@H]3OCc3ccccc3)ccc2Cl)cc1. The number of benzene rings is 6.